The van der Waals surface area contributed by atoms with Crippen molar-refractivity contribution in [1.82, 2.24) is 4.72 Å². The van der Waals surface area contributed by atoms with Crippen molar-refractivity contribution in [3.8, 4) is 11.5 Å². The van der Waals surface area contributed by atoms with E-state index in [1.54, 1.807) is 18.2 Å². The number of nitrogens with one attached hydrogen (secondary N) is 2. The molecule has 0 atom stereocenters. The van der Waals surface area contributed by atoms with Crippen LogP contribution < -0.4 is 19.5 Å². The summed E-state index contributed by atoms with van der Waals surface area (Å²) in [5.74, 6) is -0.202. The van der Waals surface area contributed by atoms with E-state index in [-0.39, 0.29) is 5.75 Å². The fourth-order valence-electron chi connectivity index (χ4n) is 2.35. The van der Waals surface area contributed by atoms with Gasteiger partial charge in [-0.2, -0.15) is 0 Å². The molecule has 138 valence electrons. The second kappa shape index (κ2) is 7.71. The van der Waals surface area contributed by atoms with Crippen molar-refractivity contribution in [1.29, 1.82) is 0 Å². The van der Waals surface area contributed by atoms with Gasteiger partial charge in [0.2, 0.25) is 15.9 Å². The minimum atomic E-state index is -3.73. The van der Waals surface area contributed by atoms with Crippen molar-refractivity contribution >= 4 is 21.6 Å². The maximum atomic E-state index is 12.9. The molecule has 0 spiro atoms. The van der Waals surface area contributed by atoms with Gasteiger partial charge in [-0.25, -0.2) is 17.5 Å². The van der Waals surface area contributed by atoms with Crippen LogP contribution in [0.4, 0.5) is 10.1 Å². The van der Waals surface area contributed by atoms with E-state index in [9.17, 15) is 17.6 Å². The first-order chi connectivity index (χ1) is 12.4. The van der Waals surface area contributed by atoms with Crippen LogP contribution >= 0.6 is 0 Å². The van der Waals surface area contributed by atoms with Gasteiger partial charge in [0.05, 0.1) is 12.3 Å². The van der Waals surface area contributed by atoms with Crippen molar-refractivity contribution < 1.29 is 27.1 Å². The van der Waals surface area contributed by atoms with Crippen LogP contribution in [0.3, 0.4) is 0 Å². The molecule has 1 heterocycles. The molecular formula is C17H17FN2O5S. The molecule has 0 bridgehead atoms. The average molecular weight is 380 g/mol. The topological polar surface area (TPSA) is 93.7 Å². The van der Waals surface area contributed by atoms with Gasteiger partial charge in [0.1, 0.15) is 19.0 Å². The van der Waals surface area contributed by atoms with Gasteiger partial charge in [-0.05, 0) is 29.8 Å². The van der Waals surface area contributed by atoms with E-state index in [1.165, 1.54) is 24.3 Å². The van der Waals surface area contributed by atoms with Gasteiger partial charge in [0.15, 0.2) is 11.5 Å². The molecule has 9 heteroatoms. The average Bonchev–Trinajstić information content (AvgIpc) is 2.62. The van der Waals surface area contributed by atoms with Gasteiger partial charge in [-0.15, -0.1) is 0 Å². The molecule has 7 nitrogen and oxygen atoms in total. The summed E-state index contributed by atoms with van der Waals surface area (Å²) in [6, 6.07) is 10.0. The number of ether oxygens (including phenoxy) is 2. The van der Waals surface area contributed by atoms with Crippen molar-refractivity contribution in [3.63, 3.8) is 0 Å². The maximum Gasteiger partial charge on any atom is 0.239 e. The molecule has 0 saturated carbocycles. The van der Waals surface area contributed by atoms with Crippen molar-refractivity contribution in [3.05, 3.63) is 53.8 Å². The number of anilines is 1. The van der Waals surface area contributed by atoms with Crippen LogP contribution in [0.1, 0.15) is 5.56 Å². The summed E-state index contributed by atoms with van der Waals surface area (Å²) in [7, 11) is -3.73. The number of carbonyl (C=O) groups excluding carboxylic acids is 1. The van der Waals surface area contributed by atoms with E-state index in [0.29, 0.717) is 36.0 Å². The van der Waals surface area contributed by atoms with Crippen LogP contribution in [-0.2, 0) is 20.6 Å². The van der Waals surface area contributed by atoms with E-state index >= 15 is 0 Å². The normalized spacial score (nSPS) is 13.3. The van der Waals surface area contributed by atoms with Crippen molar-refractivity contribution in [2.24, 2.45) is 0 Å². The minimum Gasteiger partial charge on any atom is -0.486 e. The predicted octanol–water partition coefficient (Wildman–Crippen LogP) is 1.65. The maximum absolute atomic E-state index is 12.9. The van der Waals surface area contributed by atoms with E-state index in [4.69, 9.17) is 9.47 Å². The first-order valence-corrected chi connectivity index (χ1v) is 9.48. The SMILES string of the molecule is O=C(CNS(=O)(=O)Cc1ccc(F)cc1)Nc1ccc2c(c1)OCCO2. The summed E-state index contributed by atoms with van der Waals surface area (Å²) < 4.78 is 49.9. The lowest BCUT2D eigenvalue weighted by Gasteiger charge is -2.19. The molecule has 26 heavy (non-hydrogen) atoms. The smallest absolute Gasteiger partial charge is 0.239 e. The lowest BCUT2D eigenvalue weighted by Crippen LogP contribution is -2.33. The number of rotatable bonds is 6. The number of fused-ring (bicyclic) bond motifs is 1. The highest BCUT2D eigenvalue weighted by Gasteiger charge is 2.15. The molecular weight excluding hydrogens is 363 g/mol. The Morgan fingerprint density at radius 1 is 1.04 bits per heavy atom. The monoisotopic (exact) mass is 380 g/mol. The highest BCUT2D eigenvalue weighted by molar-refractivity contribution is 7.88. The van der Waals surface area contributed by atoms with Gasteiger partial charge in [0.25, 0.3) is 0 Å². The Bertz CT molecular complexity index is 900. The van der Waals surface area contributed by atoms with Crippen LogP contribution in [0.15, 0.2) is 42.5 Å². The number of hydrogen-bond acceptors (Lipinski definition) is 5. The van der Waals surface area contributed by atoms with Gasteiger partial charge in [0, 0.05) is 11.8 Å². The summed E-state index contributed by atoms with van der Waals surface area (Å²) in [6.07, 6.45) is 0. The number of amides is 1. The zero-order chi connectivity index (χ0) is 18.6. The molecule has 1 aliphatic rings. The standard InChI is InChI=1S/C17H17FN2O5S/c18-13-3-1-12(2-4-13)11-26(22,23)19-10-17(21)20-14-5-6-15-16(9-14)25-8-7-24-15/h1-6,9,19H,7-8,10-11H2,(H,20,21). The van der Waals surface area contributed by atoms with Crippen molar-refractivity contribution in [2.45, 2.75) is 5.75 Å². The third-order valence-electron chi connectivity index (χ3n) is 3.55. The third kappa shape index (κ3) is 4.93. The Morgan fingerprint density at radius 3 is 2.46 bits per heavy atom. The lowest BCUT2D eigenvalue weighted by atomic mass is 10.2. The number of benzene rings is 2. The van der Waals surface area contributed by atoms with Crippen LogP contribution in [0.5, 0.6) is 11.5 Å². The summed E-state index contributed by atoms with van der Waals surface area (Å²) in [5.41, 5.74) is 0.892. The summed E-state index contributed by atoms with van der Waals surface area (Å²) >= 11 is 0. The minimum absolute atomic E-state index is 0.343. The number of hydrogen-bond donors (Lipinski definition) is 2. The van der Waals surface area contributed by atoms with Crippen LogP contribution in [0, 0.1) is 5.82 Å². The molecule has 1 amide bonds. The van der Waals surface area contributed by atoms with Gasteiger partial charge in [-0.1, -0.05) is 12.1 Å². The van der Waals surface area contributed by atoms with E-state index < -0.39 is 28.3 Å². The molecule has 0 saturated heterocycles. The molecule has 1 aliphatic heterocycles. The zero-order valence-electron chi connectivity index (χ0n) is 13.7. The summed E-state index contributed by atoms with van der Waals surface area (Å²) in [4.78, 5) is 12.0. The van der Waals surface area contributed by atoms with E-state index in [1.807, 2.05) is 0 Å². The quantitative estimate of drug-likeness (QED) is 0.795. The first kappa shape index (κ1) is 18.2. The predicted molar refractivity (Wildman–Crippen MR) is 93.1 cm³/mol. The number of sulfonamides is 1. The molecule has 2 N–H and O–H groups in total. The van der Waals surface area contributed by atoms with Gasteiger partial charge in [-0.3, -0.25) is 4.79 Å². The fourth-order valence-corrected chi connectivity index (χ4v) is 3.44. The first-order valence-electron chi connectivity index (χ1n) is 7.82. The molecule has 0 fully saturated rings. The van der Waals surface area contributed by atoms with Gasteiger partial charge < -0.3 is 14.8 Å². The van der Waals surface area contributed by atoms with Crippen LogP contribution in [0.2, 0.25) is 0 Å². The molecule has 0 aromatic heterocycles. The number of halogens is 1. The highest BCUT2D eigenvalue weighted by atomic mass is 32.2. The molecule has 0 radical (unpaired) electrons. The Kier molecular flexibility index (Phi) is 5.38. The molecule has 0 unspecified atom stereocenters. The van der Waals surface area contributed by atoms with Gasteiger partial charge >= 0.3 is 0 Å². The third-order valence-corrected chi connectivity index (χ3v) is 4.85. The molecule has 3 rings (SSSR count). The lowest BCUT2D eigenvalue weighted by molar-refractivity contribution is -0.115. The van der Waals surface area contributed by atoms with Crippen LogP contribution in [-0.4, -0.2) is 34.1 Å². The highest BCUT2D eigenvalue weighted by Crippen LogP contribution is 2.32. The zero-order valence-corrected chi connectivity index (χ0v) is 14.5. The number of carbonyl (C=O) groups is 1. The van der Waals surface area contributed by atoms with E-state index in [0.717, 1.165) is 0 Å². The molecule has 2 aromatic carbocycles. The summed E-state index contributed by atoms with van der Waals surface area (Å²) in [6.45, 7) is 0.472. The van der Waals surface area contributed by atoms with E-state index in [2.05, 4.69) is 10.0 Å². The Hall–Kier alpha value is -2.65. The largest absolute Gasteiger partial charge is 0.486 e. The Balaban J connectivity index is 1.54. The van der Waals surface area contributed by atoms with Crippen molar-refractivity contribution in [2.75, 3.05) is 25.1 Å². The summed E-state index contributed by atoms with van der Waals surface area (Å²) in [5, 5.41) is 2.58. The second-order valence-electron chi connectivity index (χ2n) is 5.61. The molecule has 2 aromatic rings. The fraction of sp³-hybridized carbons (Fsp3) is 0.235. The second-order valence-corrected chi connectivity index (χ2v) is 7.42. The van der Waals surface area contributed by atoms with Crippen LogP contribution in [0.25, 0.3) is 0 Å². The molecule has 0 aliphatic carbocycles. The Labute approximate surface area is 150 Å². The Morgan fingerprint density at radius 2 is 1.73 bits per heavy atom.